The second kappa shape index (κ2) is 5.05. The summed E-state index contributed by atoms with van der Waals surface area (Å²) in [5.41, 5.74) is 0.748. The molecule has 0 aliphatic heterocycles. The maximum Gasteiger partial charge on any atom is 0.225 e. The van der Waals surface area contributed by atoms with Crippen LogP contribution in [0.4, 0.5) is 21.8 Å². The molecule has 0 aliphatic carbocycles. The number of hydrogen-bond donors (Lipinski definition) is 1. The largest absolute Gasteiger partial charge is 0.357 e. The van der Waals surface area contributed by atoms with Crippen molar-refractivity contribution in [1.82, 2.24) is 9.97 Å². The second-order valence-electron chi connectivity index (χ2n) is 4.30. The summed E-state index contributed by atoms with van der Waals surface area (Å²) in [4.78, 5) is 11.7. The quantitative estimate of drug-likeness (QED) is 0.799. The van der Waals surface area contributed by atoms with Crippen molar-refractivity contribution in [2.24, 2.45) is 0 Å². The predicted octanol–water partition coefficient (Wildman–Crippen LogP) is 3.64. The molecule has 2 heterocycles. The normalized spacial score (nSPS) is 10.8. The number of thiophene rings is 1. The van der Waals surface area contributed by atoms with Gasteiger partial charge in [-0.3, -0.25) is 0 Å². The van der Waals surface area contributed by atoms with Gasteiger partial charge in [0.25, 0.3) is 0 Å². The van der Waals surface area contributed by atoms with Crippen molar-refractivity contribution in [3.8, 4) is 0 Å². The maximum atomic E-state index is 13.4. The first kappa shape index (κ1) is 12.8. The smallest absolute Gasteiger partial charge is 0.225 e. The SMILES string of the molecule is CNc1nc(N(C)c2cccc(F)c2)c2ccsc2n1. The summed E-state index contributed by atoms with van der Waals surface area (Å²) in [6.45, 7) is 0. The Morgan fingerprint density at radius 1 is 1.25 bits per heavy atom. The Bertz CT molecular complexity index is 756. The van der Waals surface area contributed by atoms with E-state index in [1.807, 2.05) is 29.5 Å². The Labute approximate surface area is 119 Å². The molecule has 0 atom stereocenters. The zero-order chi connectivity index (χ0) is 14.1. The zero-order valence-corrected chi connectivity index (χ0v) is 11.9. The van der Waals surface area contributed by atoms with Crippen molar-refractivity contribution in [3.63, 3.8) is 0 Å². The van der Waals surface area contributed by atoms with Crippen LogP contribution in [-0.4, -0.2) is 24.1 Å². The first-order valence-electron chi connectivity index (χ1n) is 6.11. The fraction of sp³-hybridized carbons (Fsp3) is 0.143. The maximum absolute atomic E-state index is 13.4. The average Bonchev–Trinajstić information content (AvgIpc) is 2.93. The van der Waals surface area contributed by atoms with Crippen LogP contribution in [0.5, 0.6) is 0 Å². The van der Waals surface area contributed by atoms with E-state index in [1.54, 1.807) is 24.5 Å². The topological polar surface area (TPSA) is 41.1 Å². The van der Waals surface area contributed by atoms with E-state index >= 15 is 0 Å². The number of anilines is 3. The summed E-state index contributed by atoms with van der Waals surface area (Å²) >= 11 is 1.55. The number of hydrogen-bond acceptors (Lipinski definition) is 5. The van der Waals surface area contributed by atoms with Gasteiger partial charge in [-0.1, -0.05) is 6.07 Å². The molecule has 0 unspecified atom stereocenters. The molecule has 0 radical (unpaired) electrons. The highest BCUT2D eigenvalue weighted by atomic mass is 32.1. The van der Waals surface area contributed by atoms with E-state index in [0.717, 1.165) is 21.7 Å². The van der Waals surface area contributed by atoms with Gasteiger partial charge in [-0.2, -0.15) is 4.98 Å². The second-order valence-corrected chi connectivity index (χ2v) is 5.19. The summed E-state index contributed by atoms with van der Waals surface area (Å²) in [5, 5.41) is 5.88. The van der Waals surface area contributed by atoms with Gasteiger partial charge in [-0.05, 0) is 29.6 Å². The van der Waals surface area contributed by atoms with Crippen LogP contribution in [-0.2, 0) is 0 Å². The van der Waals surface area contributed by atoms with E-state index in [4.69, 9.17) is 0 Å². The third-order valence-corrected chi connectivity index (χ3v) is 3.85. The molecule has 0 fully saturated rings. The van der Waals surface area contributed by atoms with Crippen LogP contribution in [0.2, 0.25) is 0 Å². The molecule has 0 saturated heterocycles. The summed E-state index contributed by atoms with van der Waals surface area (Å²) < 4.78 is 13.4. The van der Waals surface area contributed by atoms with Gasteiger partial charge in [-0.25, -0.2) is 9.37 Å². The molecule has 0 saturated carbocycles. The third kappa shape index (κ3) is 2.18. The lowest BCUT2D eigenvalue weighted by molar-refractivity contribution is 0.628. The highest BCUT2D eigenvalue weighted by molar-refractivity contribution is 7.16. The molecule has 0 spiro atoms. The average molecular weight is 288 g/mol. The van der Waals surface area contributed by atoms with E-state index in [0.29, 0.717) is 5.95 Å². The lowest BCUT2D eigenvalue weighted by Crippen LogP contribution is -2.13. The van der Waals surface area contributed by atoms with Crippen molar-refractivity contribution < 1.29 is 4.39 Å². The Balaban J connectivity index is 2.15. The Kier molecular flexibility index (Phi) is 3.23. The Morgan fingerprint density at radius 3 is 2.85 bits per heavy atom. The van der Waals surface area contributed by atoms with Gasteiger partial charge >= 0.3 is 0 Å². The summed E-state index contributed by atoms with van der Waals surface area (Å²) in [6, 6.07) is 8.43. The molecule has 0 amide bonds. The molecule has 102 valence electrons. The molecule has 2 aromatic heterocycles. The molecule has 1 N–H and O–H groups in total. The minimum atomic E-state index is -0.265. The molecular weight excluding hydrogens is 275 g/mol. The molecule has 1 aromatic carbocycles. The highest BCUT2D eigenvalue weighted by Gasteiger charge is 2.14. The lowest BCUT2D eigenvalue weighted by atomic mass is 10.2. The van der Waals surface area contributed by atoms with Crippen LogP contribution >= 0.6 is 11.3 Å². The van der Waals surface area contributed by atoms with Gasteiger partial charge in [0.2, 0.25) is 5.95 Å². The molecule has 0 aliphatic rings. The number of benzene rings is 1. The Hall–Kier alpha value is -2.21. The van der Waals surface area contributed by atoms with Gasteiger partial charge in [0.15, 0.2) is 0 Å². The van der Waals surface area contributed by atoms with Crippen molar-refractivity contribution in [2.75, 3.05) is 24.3 Å². The van der Waals surface area contributed by atoms with Crippen LogP contribution in [0.3, 0.4) is 0 Å². The van der Waals surface area contributed by atoms with Gasteiger partial charge in [0.1, 0.15) is 16.5 Å². The number of nitrogens with one attached hydrogen (secondary N) is 1. The number of nitrogens with zero attached hydrogens (tertiary/aromatic N) is 3. The van der Waals surface area contributed by atoms with E-state index in [-0.39, 0.29) is 5.82 Å². The third-order valence-electron chi connectivity index (χ3n) is 3.04. The molecule has 3 aromatic rings. The summed E-state index contributed by atoms with van der Waals surface area (Å²) in [6.07, 6.45) is 0. The van der Waals surface area contributed by atoms with Crippen LogP contribution in [0.15, 0.2) is 35.7 Å². The highest BCUT2D eigenvalue weighted by Crippen LogP contribution is 2.32. The number of halogens is 1. The van der Waals surface area contributed by atoms with Gasteiger partial charge in [-0.15, -0.1) is 11.3 Å². The molecule has 20 heavy (non-hydrogen) atoms. The summed E-state index contributed by atoms with van der Waals surface area (Å²) in [7, 11) is 3.65. The fourth-order valence-electron chi connectivity index (χ4n) is 2.01. The molecule has 4 nitrogen and oxygen atoms in total. The van der Waals surface area contributed by atoms with E-state index in [2.05, 4.69) is 15.3 Å². The first-order valence-corrected chi connectivity index (χ1v) is 6.99. The Morgan fingerprint density at radius 2 is 2.10 bits per heavy atom. The van der Waals surface area contributed by atoms with Crippen LogP contribution in [0, 0.1) is 5.82 Å². The minimum Gasteiger partial charge on any atom is -0.357 e. The van der Waals surface area contributed by atoms with Crippen molar-refractivity contribution >= 4 is 39.0 Å². The molecular formula is C14H13FN4S. The first-order chi connectivity index (χ1) is 9.69. The summed E-state index contributed by atoms with van der Waals surface area (Å²) in [5.74, 6) is 1.04. The van der Waals surface area contributed by atoms with E-state index < -0.39 is 0 Å². The van der Waals surface area contributed by atoms with Crippen LogP contribution < -0.4 is 10.2 Å². The predicted molar refractivity (Wildman–Crippen MR) is 81.4 cm³/mol. The van der Waals surface area contributed by atoms with Crippen LogP contribution in [0.1, 0.15) is 0 Å². The number of rotatable bonds is 3. The van der Waals surface area contributed by atoms with Gasteiger partial charge in [0, 0.05) is 19.8 Å². The van der Waals surface area contributed by atoms with Crippen molar-refractivity contribution in [2.45, 2.75) is 0 Å². The minimum absolute atomic E-state index is 0.265. The molecule has 6 heteroatoms. The lowest BCUT2D eigenvalue weighted by Gasteiger charge is -2.19. The van der Waals surface area contributed by atoms with E-state index in [9.17, 15) is 4.39 Å². The number of aromatic nitrogens is 2. The molecule has 0 bridgehead atoms. The standard InChI is InChI=1S/C14H13FN4S/c1-16-14-17-12(11-6-7-20-13(11)18-14)19(2)10-5-3-4-9(15)8-10/h3-8H,1-2H3,(H,16,17,18). The van der Waals surface area contributed by atoms with Crippen LogP contribution in [0.25, 0.3) is 10.2 Å². The van der Waals surface area contributed by atoms with Gasteiger partial charge in [0.05, 0.1) is 5.39 Å². The van der Waals surface area contributed by atoms with Gasteiger partial charge < -0.3 is 10.2 Å². The van der Waals surface area contributed by atoms with Crippen molar-refractivity contribution in [3.05, 3.63) is 41.5 Å². The van der Waals surface area contributed by atoms with Crippen molar-refractivity contribution in [1.29, 1.82) is 0 Å². The monoisotopic (exact) mass is 288 g/mol. The zero-order valence-electron chi connectivity index (χ0n) is 11.1. The van der Waals surface area contributed by atoms with E-state index in [1.165, 1.54) is 12.1 Å². The number of fused-ring (bicyclic) bond motifs is 1. The fourth-order valence-corrected chi connectivity index (χ4v) is 2.77. The molecule has 3 rings (SSSR count).